The van der Waals surface area contributed by atoms with Crippen molar-refractivity contribution in [2.45, 2.75) is 25.9 Å². The molecule has 35 heavy (non-hydrogen) atoms. The summed E-state index contributed by atoms with van der Waals surface area (Å²) >= 11 is 0. The Labute approximate surface area is 203 Å². The van der Waals surface area contributed by atoms with Gasteiger partial charge in [-0.2, -0.15) is 0 Å². The second kappa shape index (κ2) is 11.4. The number of aromatic nitrogens is 3. The fourth-order valence-electron chi connectivity index (χ4n) is 3.94. The maximum Gasteiger partial charge on any atom is 0.250 e. The van der Waals surface area contributed by atoms with E-state index in [9.17, 15) is 9.59 Å². The van der Waals surface area contributed by atoms with Crippen molar-refractivity contribution in [2.24, 2.45) is 0 Å². The van der Waals surface area contributed by atoms with E-state index in [1.54, 1.807) is 35.7 Å². The molecule has 0 aliphatic heterocycles. The molecule has 0 unspecified atom stereocenters. The standard InChI is InChI=1S/C26H29N5O4/c1-19-12-13-23(35-19)25(26(33)27-15-17-34-2)30(16-14-20-8-4-3-5-9-20)24(32)18-31-22-11-7-6-10-21(22)28-29-31/h3-13,25H,14-18H2,1-2H3,(H,27,33)/t25-/m0/s1. The number of nitrogens with one attached hydrogen (secondary N) is 1. The summed E-state index contributed by atoms with van der Waals surface area (Å²) in [5.74, 6) is 0.466. The van der Waals surface area contributed by atoms with Crippen molar-refractivity contribution in [2.75, 3.05) is 26.8 Å². The van der Waals surface area contributed by atoms with Crippen molar-refractivity contribution in [1.82, 2.24) is 25.2 Å². The highest BCUT2D eigenvalue weighted by Gasteiger charge is 2.34. The van der Waals surface area contributed by atoms with E-state index >= 15 is 0 Å². The molecule has 2 aromatic carbocycles. The highest BCUT2D eigenvalue weighted by atomic mass is 16.5. The van der Waals surface area contributed by atoms with Gasteiger partial charge in [-0.15, -0.1) is 5.10 Å². The molecule has 0 fully saturated rings. The number of carbonyl (C=O) groups is 2. The van der Waals surface area contributed by atoms with E-state index in [-0.39, 0.29) is 18.4 Å². The molecule has 4 rings (SSSR count). The van der Waals surface area contributed by atoms with Gasteiger partial charge in [0.05, 0.1) is 12.1 Å². The van der Waals surface area contributed by atoms with E-state index in [0.717, 1.165) is 11.1 Å². The van der Waals surface area contributed by atoms with Crippen LogP contribution in [0.25, 0.3) is 11.0 Å². The first-order chi connectivity index (χ1) is 17.1. The van der Waals surface area contributed by atoms with Gasteiger partial charge in [-0.25, -0.2) is 4.68 Å². The monoisotopic (exact) mass is 475 g/mol. The third kappa shape index (κ3) is 5.93. The lowest BCUT2D eigenvalue weighted by Crippen LogP contribution is -2.46. The first kappa shape index (κ1) is 24.2. The number of aryl methyl sites for hydroxylation is 1. The largest absolute Gasteiger partial charge is 0.464 e. The molecule has 1 atom stereocenters. The van der Waals surface area contributed by atoms with Gasteiger partial charge in [0.15, 0.2) is 6.04 Å². The average Bonchev–Trinajstić information content (AvgIpc) is 3.48. The summed E-state index contributed by atoms with van der Waals surface area (Å²) in [5.41, 5.74) is 2.51. The Kier molecular flexibility index (Phi) is 7.89. The zero-order chi connectivity index (χ0) is 24.6. The van der Waals surface area contributed by atoms with Crippen LogP contribution in [0.3, 0.4) is 0 Å². The van der Waals surface area contributed by atoms with E-state index in [0.29, 0.717) is 43.2 Å². The lowest BCUT2D eigenvalue weighted by molar-refractivity contribution is -0.142. The third-order valence-corrected chi connectivity index (χ3v) is 5.71. The first-order valence-electron chi connectivity index (χ1n) is 11.5. The molecule has 0 aliphatic rings. The predicted molar refractivity (Wildman–Crippen MR) is 130 cm³/mol. The second-order valence-corrected chi connectivity index (χ2v) is 8.19. The van der Waals surface area contributed by atoms with E-state index < -0.39 is 6.04 Å². The minimum absolute atomic E-state index is 0.0587. The number of hydrogen-bond donors (Lipinski definition) is 1. The van der Waals surface area contributed by atoms with Crippen molar-refractivity contribution in [3.8, 4) is 0 Å². The lowest BCUT2D eigenvalue weighted by Gasteiger charge is -2.30. The quantitative estimate of drug-likeness (QED) is 0.335. The van der Waals surface area contributed by atoms with E-state index in [1.807, 2.05) is 54.6 Å². The Hall–Kier alpha value is -3.98. The molecule has 0 spiro atoms. The van der Waals surface area contributed by atoms with Gasteiger partial charge in [-0.3, -0.25) is 9.59 Å². The molecule has 0 saturated heterocycles. The smallest absolute Gasteiger partial charge is 0.250 e. The first-order valence-corrected chi connectivity index (χ1v) is 11.5. The van der Waals surface area contributed by atoms with Crippen LogP contribution in [0.15, 0.2) is 71.1 Å². The van der Waals surface area contributed by atoms with Crippen LogP contribution in [0.4, 0.5) is 0 Å². The van der Waals surface area contributed by atoms with Gasteiger partial charge < -0.3 is 19.4 Å². The zero-order valence-electron chi connectivity index (χ0n) is 19.9. The number of nitrogens with zero attached hydrogens (tertiary/aromatic N) is 4. The fraction of sp³-hybridized carbons (Fsp3) is 0.308. The number of rotatable bonds is 11. The van der Waals surface area contributed by atoms with Crippen LogP contribution in [-0.4, -0.2) is 58.5 Å². The zero-order valence-corrected chi connectivity index (χ0v) is 19.9. The van der Waals surface area contributed by atoms with Crippen molar-refractivity contribution in [3.63, 3.8) is 0 Å². The Morgan fingerprint density at radius 3 is 2.60 bits per heavy atom. The molecule has 9 heteroatoms. The Morgan fingerprint density at radius 2 is 1.86 bits per heavy atom. The number of carbonyl (C=O) groups excluding carboxylic acids is 2. The molecule has 182 valence electrons. The normalized spacial score (nSPS) is 11.9. The summed E-state index contributed by atoms with van der Waals surface area (Å²) in [6, 6.07) is 19.9. The second-order valence-electron chi connectivity index (χ2n) is 8.19. The summed E-state index contributed by atoms with van der Waals surface area (Å²) in [6.45, 7) is 2.74. The summed E-state index contributed by atoms with van der Waals surface area (Å²) in [5, 5.41) is 11.2. The van der Waals surface area contributed by atoms with Gasteiger partial charge in [-0.1, -0.05) is 47.7 Å². The van der Waals surface area contributed by atoms with E-state index in [4.69, 9.17) is 9.15 Å². The molecule has 0 bridgehead atoms. The number of ether oxygens (including phenoxy) is 1. The molecular weight excluding hydrogens is 446 g/mol. The summed E-state index contributed by atoms with van der Waals surface area (Å²) in [4.78, 5) is 28.6. The SMILES string of the molecule is COCCNC(=O)[C@H](c1ccc(C)o1)N(CCc1ccccc1)C(=O)Cn1nnc2ccccc21. The fourth-order valence-corrected chi connectivity index (χ4v) is 3.94. The molecule has 9 nitrogen and oxygen atoms in total. The highest BCUT2D eigenvalue weighted by molar-refractivity contribution is 5.88. The van der Waals surface area contributed by atoms with Crippen molar-refractivity contribution in [3.05, 3.63) is 83.8 Å². The average molecular weight is 476 g/mol. The molecule has 0 radical (unpaired) electrons. The number of amides is 2. The minimum Gasteiger partial charge on any atom is -0.464 e. The molecular formula is C26H29N5O4. The molecule has 2 aromatic heterocycles. The maximum atomic E-state index is 13.7. The van der Waals surface area contributed by atoms with Gasteiger partial charge in [-0.05, 0) is 43.2 Å². The van der Waals surface area contributed by atoms with Crippen LogP contribution >= 0.6 is 0 Å². The topological polar surface area (TPSA) is 102 Å². The lowest BCUT2D eigenvalue weighted by atomic mass is 10.1. The number of furan rings is 1. The van der Waals surface area contributed by atoms with Crippen molar-refractivity contribution < 1.29 is 18.7 Å². The van der Waals surface area contributed by atoms with E-state index in [1.165, 1.54) is 0 Å². The Balaban J connectivity index is 1.65. The number of hydrogen-bond acceptors (Lipinski definition) is 6. The minimum atomic E-state index is -0.938. The summed E-state index contributed by atoms with van der Waals surface area (Å²) in [7, 11) is 1.57. The highest BCUT2D eigenvalue weighted by Crippen LogP contribution is 2.25. The Morgan fingerprint density at radius 1 is 1.09 bits per heavy atom. The van der Waals surface area contributed by atoms with Crippen molar-refractivity contribution >= 4 is 22.8 Å². The predicted octanol–water partition coefficient (Wildman–Crippen LogP) is 2.91. The Bertz CT molecular complexity index is 1270. The van der Waals surface area contributed by atoms with E-state index in [2.05, 4.69) is 15.6 Å². The number of methoxy groups -OCH3 is 1. The molecule has 0 aliphatic carbocycles. The number of fused-ring (bicyclic) bond motifs is 1. The molecule has 4 aromatic rings. The third-order valence-electron chi connectivity index (χ3n) is 5.71. The number of para-hydroxylation sites is 1. The molecule has 2 heterocycles. The van der Waals surface area contributed by atoms with Gasteiger partial charge in [0.25, 0.3) is 5.91 Å². The van der Waals surface area contributed by atoms with Crippen LogP contribution in [0.1, 0.15) is 23.1 Å². The summed E-state index contributed by atoms with van der Waals surface area (Å²) in [6.07, 6.45) is 0.576. The van der Waals surface area contributed by atoms with Crippen LogP contribution in [0.2, 0.25) is 0 Å². The van der Waals surface area contributed by atoms with Crippen molar-refractivity contribution in [1.29, 1.82) is 0 Å². The van der Waals surface area contributed by atoms with Crippen LogP contribution in [0, 0.1) is 6.92 Å². The van der Waals surface area contributed by atoms with Crippen LogP contribution in [-0.2, 0) is 27.3 Å². The van der Waals surface area contributed by atoms with Gasteiger partial charge in [0.2, 0.25) is 5.91 Å². The molecule has 2 amide bonds. The van der Waals surface area contributed by atoms with Gasteiger partial charge in [0, 0.05) is 20.2 Å². The van der Waals surface area contributed by atoms with Crippen LogP contribution in [0.5, 0.6) is 0 Å². The number of benzene rings is 2. The molecule has 1 N–H and O–H groups in total. The molecule has 0 saturated carbocycles. The van der Waals surface area contributed by atoms with Gasteiger partial charge in [0.1, 0.15) is 23.6 Å². The van der Waals surface area contributed by atoms with Crippen LogP contribution < -0.4 is 5.32 Å². The van der Waals surface area contributed by atoms with Gasteiger partial charge >= 0.3 is 0 Å². The summed E-state index contributed by atoms with van der Waals surface area (Å²) < 4.78 is 12.5. The maximum absolute atomic E-state index is 13.7.